The quantitative estimate of drug-likeness (QED) is 0.393. The first-order valence-electron chi connectivity index (χ1n) is 11.3. The molecule has 2 saturated heterocycles. The molecule has 0 aromatic rings. The summed E-state index contributed by atoms with van der Waals surface area (Å²) in [6.45, 7) is 16.6. The van der Waals surface area contributed by atoms with Gasteiger partial charge >= 0.3 is 0 Å². The summed E-state index contributed by atoms with van der Waals surface area (Å²) in [6.07, 6.45) is 0.0455. The summed E-state index contributed by atoms with van der Waals surface area (Å²) in [5.74, 6) is 0.931. The fraction of sp³-hybridized carbons (Fsp3) is 0.950. The largest absolute Gasteiger partial charge is 0.378 e. The second-order valence-electron chi connectivity index (χ2n) is 8.50. The highest BCUT2D eigenvalue weighted by Crippen LogP contribution is 2.10. The minimum absolute atomic E-state index is 0.0435. The Labute approximate surface area is 183 Å². The van der Waals surface area contributed by atoms with Crippen molar-refractivity contribution in [3.63, 3.8) is 0 Å². The van der Waals surface area contributed by atoms with E-state index in [4.69, 9.17) is 9.73 Å². The van der Waals surface area contributed by atoms with Crippen molar-refractivity contribution in [3.8, 4) is 0 Å². The smallest absolute Gasteiger partial charge is 0.216 e. The summed E-state index contributed by atoms with van der Waals surface area (Å²) >= 11 is 0. The number of aliphatic imine (C=N–C) groups is 1. The number of rotatable bonds is 9. The molecule has 0 saturated carbocycles. The number of sulfonamides is 1. The Morgan fingerprint density at radius 2 is 1.67 bits per heavy atom. The van der Waals surface area contributed by atoms with Crippen LogP contribution in [0, 0.1) is 0 Å². The number of nitrogens with one attached hydrogen (secondary N) is 1. The maximum absolute atomic E-state index is 12.6. The van der Waals surface area contributed by atoms with E-state index in [2.05, 4.69) is 40.9 Å². The lowest BCUT2D eigenvalue weighted by Gasteiger charge is -2.37. The summed E-state index contributed by atoms with van der Waals surface area (Å²) in [7, 11) is -1.11. The van der Waals surface area contributed by atoms with E-state index in [1.807, 2.05) is 13.8 Å². The minimum Gasteiger partial charge on any atom is -0.378 e. The summed E-state index contributed by atoms with van der Waals surface area (Å²) in [5.41, 5.74) is 0. The molecule has 2 aliphatic heterocycles. The van der Waals surface area contributed by atoms with Crippen LogP contribution in [0.25, 0.3) is 0 Å². The van der Waals surface area contributed by atoms with E-state index in [1.54, 1.807) is 4.31 Å². The van der Waals surface area contributed by atoms with Crippen LogP contribution < -0.4 is 5.32 Å². The van der Waals surface area contributed by atoms with Gasteiger partial charge in [0.05, 0.1) is 25.0 Å². The number of piperazine rings is 2. The second kappa shape index (κ2) is 12.2. The van der Waals surface area contributed by atoms with Gasteiger partial charge in [0.2, 0.25) is 10.0 Å². The van der Waals surface area contributed by atoms with Crippen LogP contribution in [0.1, 0.15) is 27.7 Å². The number of likely N-dealkylation sites (N-methyl/N-ethyl adjacent to an activating group) is 1. The predicted octanol–water partition coefficient (Wildman–Crippen LogP) is -0.0398. The van der Waals surface area contributed by atoms with E-state index in [9.17, 15) is 8.42 Å². The standard InChI is InChI=1S/C20H42N6O3S/c1-6-21-20(22-17-19(4)24-9-7-23(5)8-10-24)25-11-13-26(14-12-25)30(27,28)16-15-29-18(2)3/h18-19H,6-17H2,1-5H3,(H,21,22). The topological polar surface area (TPSA) is 80.7 Å². The van der Waals surface area contributed by atoms with Gasteiger partial charge in [0, 0.05) is 64.9 Å². The number of ether oxygens (including phenoxy) is 1. The van der Waals surface area contributed by atoms with Crippen molar-refractivity contribution < 1.29 is 13.2 Å². The van der Waals surface area contributed by atoms with E-state index >= 15 is 0 Å². The van der Waals surface area contributed by atoms with E-state index < -0.39 is 10.0 Å². The lowest BCUT2D eigenvalue weighted by molar-refractivity contribution is 0.0904. The summed E-state index contributed by atoms with van der Waals surface area (Å²) in [6, 6.07) is 0.398. The minimum atomic E-state index is -3.27. The van der Waals surface area contributed by atoms with Crippen LogP contribution >= 0.6 is 0 Å². The van der Waals surface area contributed by atoms with E-state index in [0.29, 0.717) is 32.2 Å². The molecule has 10 heteroatoms. The number of hydrogen-bond acceptors (Lipinski definition) is 6. The fourth-order valence-electron chi connectivity index (χ4n) is 3.72. The number of nitrogens with zero attached hydrogens (tertiary/aromatic N) is 5. The van der Waals surface area contributed by atoms with Gasteiger partial charge in [-0.25, -0.2) is 8.42 Å². The Hall–Kier alpha value is -0.940. The van der Waals surface area contributed by atoms with Gasteiger partial charge in [-0.15, -0.1) is 0 Å². The molecule has 2 aliphatic rings. The van der Waals surface area contributed by atoms with Crippen molar-refractivity contribution in [2.24, 2.45) is 4.99 Å². The third kappa shape index (κ3) is 7.96. The zero-order valence-electron chi connectivity index (χ0n) is 19.5. The number of hydrogen-bond donors (Lipinski definition) is 1. The van der Waals surface area contributed by atoms with Gasteiger partial charge in [0.15, 0.2) is 5.96 Å². The van der Waals surface area contributed by atoms with Crippen LogP contribution in [0.15, 0.2) is 4.99 Å². The van der Waals surface area contributed by atoms with Crippen molar-refractivity contribution in [1.82, 2.24) is 24.3 Å². The molecule has 0 spiro atoms. The monoisotopic (exact) mass is 446 g/mol. The van der Waals surface area contributed by atoms with Crippen molar-refractivity contribution in [3.05, 3.63) is 0 Å². The van der Waals surface area contributed by atoms with Crippen LogP contribution in [0.5, 0.6) is 0 Å². The zero-order valence-corrected chi connectivity index (χ0v) is 20.3. The first kappa shape index (κ1) is 25.3. The molecule has 0 amide bonds. The Bertz CT molecular complexity index is 626. The average Bonchev–Trinajstić information content (AvgIpc) is 2.71. The molecule has 30 heavy (non-hydrogen) atoms. The highest BCUT2D eigenvalue weighted by molar-refractivity contribution is 7.89. The molecule has 0 aromatic carbocycles. The summed E-state index contributed by atoms with van der Waals surface area (Å²) < 4.78 is 32.1. The zero-order chi connectivity index (χ0) is 22.1. The average molecular weight is 447 g/mol. The Kier molecular flexibility index (Phi) is 10.3. The molecular formula is C20H42N6O3S. The van der Waals surface area contributed by atoms with Gasteiger partial charge in [0.1, 0.15) is 0 Å². The molecule has 2 rings (SSSR count). The maximum Gasteiger partial charge on any atom is 0.216 e. The highest BCUT2D eigenvalue weighted by Gasteiger charge is 2.28. The van der Waals surface area contributed by atoms with Crippen LogP contribution in [0.2, 0.25) is 0 Å². The second-order valence-corrected chi connectivity index (χ2v) is 10.6. The Morgan fingerprint density at radius 1 is 1.03 bits per heavy atom. The van der Waals surface area contributed by atoms with Gasteiger partial charge in [-0.05, 0) is 34.7 Å². The maximum atomic E-state index is 12.6. The van der Waals surface area contributed by atoms with E-state index in [-0.39, 0.29) is 18.5 Å². The van der Waals surface area contributed by atoms with Crippen molar-refractivity contribution >= 4 is 16.0 Å². The lowest BCUT2D eigenvalue weighted by Crippen LogP contribution is -2.54. The molecule has 0 aliphatic carbocycles. The predicted molar refractivity (Wildman–Crippen MR) is 123 cm³/mol. The molecule has 176 valence electrons. The van der Waals surface area contributed by atoms with Gasteiger partial charge in [-0.2, -0.15) is 4.31 Å². The Balaban J connectivity index is 1.86. The van der Waals surface area contributed by atoms with E-state index in [0.717, 1.165) is 45.2 Å². The van der Waals surface area contributed by atoms with Gasteiger partial charge in [-0.1, -0.05) is 0 Å². The molecule has 1 unspecified atom stereocenters. The summed E-state index contributed by atoms with van der Waals surface area (Å²) in [5, 5.41) is 3.38. The third-order valence-corrected chi connectivity index (χ3v) is 7.56. The molecule has 1 N–H and O–H groups in total. The molecule has 2 heterocycles. The van der Waals surface area contributed by atoms with Gasteiger partial charge in [0.25, 0.3) is 0 Å². The van der Waals surface area contributed by atoms with Gasteiger partial charge < -0.3 is 19.9 Å². The lowest BCUT2D eigenvalue weighted by atomic mass is 10.2. The van der Waals surface area contributed by atoms with Crippen LogP contribution in [0.4, 0.5) is 0 Å². The molecule has 2 fully saturated rings. The Morgan fingerprint density at radius 3 is 2.23 bits per heavy atom. The molecule has 0 radical (unpaired) electrons. The van der Waals surface area contributed by atoms with Crippen LogP contribution in [0.3, 0.4) is 0 Å². The van der Waals surface area contributed by atoms with Crippen molar-refractivity contribution in [1.29, 1.82) is 0 Å². The van der Waals surface area contributed by atoms with Gasteiger partial charge in [-0.3, -0.25) is 9.89 Å². The fourth-order valence-corrected chi connectivity index (χ4v) is 5.00. The SMILES string of the molecule is CCNC(=NCC(C)N1CCN(C)CC1)N1CCN(S(=O)(=O)CCOC(C)C)CC1. The van der Waals surface area contributed by atoms with Crippen LogP contribution in [-0.2, 0) is 14.8 Å². The first-order valence-corrected chi connectivity index (χ1v) is 12.9. The van der Waals surface area contributed by atoms with Crippen molar-refractivity contribution in [2.75, 3.05) is 84.9 Å². The molecule has 0 bridgehead atoms. The third-order valence-electron chi connectivity index (χ3n) is 5.73. The molecule has 0 aromatic heterocycles. The first-order chi connectivity index (χ1) is 14.2. The van der Waals surface area contributed by atoms with Crippen LogP contribution in [-0.4, -0.2) is 130 Å². The van der Waals surface area contributed by atoms with Crippen molar-refractivity contribution in [2.45, 2.75) is 39.8 Å². The molecule has 1 atom stereocenters. The molecule has 9 nitrogen and oxygen atoms in total. The normalized spacial score (nSPS) is 21.9. The highest BCUT2D eigenvalue weighted by atomic mass is 32.2. The van der Waals surface area contributed by atoms with E-state index in [1.165, 1.54) is 0 Å². The summed E-state index contributed by atoms with van der Waals surface area (Å²) in [4.78, 5) is 11.9. The number of guanidine groups is 1. The molecular weight excluding hydrogens is 404 g/mol.